The van der Waals surface area contributed by atoms with Gasteiger partial charge in [0.2, 0.25) is 0 Å². The summed E-state index contributed by atoms with van der Waals surface area (Å²) in [5.41, 5.74) is -1.45. The molecule has 10 aliphatic carbocycles. The maximum atomic E-state index is 14.5. The second kappa shape index (κ2) is 28.0. The molecule has 2 aromatic rings. The summed E-state index contributed by atoms with van der Waals surface area (Å²) in [7, 11) is -7.05. The summed E-state index contributed by atoms with van der Waals surface area (Å²) in [4.78, 5) is 29.0. The van der Waals surface area contributed by atoms with Crippen molar-refractivity contribution in [1.82, 2.24) is 0 Å². The topological polar surface area (TPSA) is 185 Å². The van der Waals surface area contributed by atoms with Gasteiger partial charge < -0.3 is 24.8 Å². The van der Waals surface area contributed by atoms with Crippen LogP contribution in [0, 0.1) is 104 Å². The van der Waals surface area contributed by atoms with E-state index >= 15 is 0 Å². The number of hydrogen-bond donors (Lipinski definition) is 3. The number of ether oxygens (including phenoxy) is 2. The molecular weight excluding hydrogens is 1230 g/mol. The number of carbonyl (C=O) groups is 2. The molecule has 12 fully saturated rings. The van der Waals surface area contributed by atoms with E-state index < -0.39 is 41.7 Å². The normalized spacial score (nSPS) is 40.9. The van der Waals surface area contributed by atoms with Crippen molar-refractivity contribution in [2.45, 2.75) is 309 Å². The van der Waals surface area contributed by atoms with Crippen LogP contribution in [0.1, 0.15) is 271 Å². The summed E-state index contributed by atoms with van der Waals surface area (Å²) in [5.74, 6) is 3.85. The van der Waals surface area contributed by atoms with E-state index in [0.29, 0.717) is 93.6 Å². The Labute approximate surface area is 577 Å². The van der Waals surface area contributed by atoms with E-state index in [0.717, 1.165) is 123 Å². The Morgan fingerprint density at radius 2 is 0.926 bits per heavy atom. The first kappa shape index (κ1) is 76.7. The molecule has 12 aliphatic rings. The summed E-state index contributed by atoms with van der Waals surface area (Å²) in [6.45, 7) is 29.7. The lowest BCUT2D eigenvalue weighted by Crippen LogP contribution is -2.59. The highest BCUT2D eigenvalue weighted by atomic mass is 32.2. The minimum atomic E-state index is -3.71. The molecule has 2 heterocycles. The largest absolute Gasteiger partial charge is 0.390 e. The van der Waals surface area contributed by atoms with Crippen LogP contribution in [0.4, 0.5) is 0 Å². The van der Waals surface area contributed by atoms with Crippen molar-refractivity contribution in [3.8, 4) is 0 Å². The number of Topliss-reactive ketones (excluding diaryl/α,β-unsaturated/α-hetero) is 2. The van der Waals surface area contributed by atoms with Gasteiger partial charge in [0.05, 0.1) is 49.8 Å². The van der Waals surface area contributed by atoms with E-state index in [1.54, 1.807) is 48.5 Å². The molecule has 0 amide bonds. The van der Waals surface area contributed by atoms with Crippen LogP contribution in [0.2, 0.25) is 0 Å². The first-order valence-corrected chi connectivity index (χ1v) is 40.6. The average molecular weight is 1360 g/mol. The molecule has 0 bridgehead atoms. The van der Waals surface area contributed by atoms with E-state index in [1.807, 2.05) is 26.0 Å². The number of carbonyl (C=O) groups excluding carboxylic acids is 2. The lowest BCUT2D eigenvalue weighted by Gasteiger charge is -2.61. The quantitative estimate of drug-likeness (QED) is 0.192. The van der Waals surface area contributed by atoms with Gasteiger partial charge in [-0.25, -0.2) is 16.8 Å². The molecule has 13 heteroatoms. The third-order valence-electron chi connectivity index (χ3n) is 29.4. The SMILES string of the molecule is C.C.C1CCOC1.CC1(C)CCC2(CC1)CO2.C[C@H](C(CC1(O)CCC(C)(C)CC1)S(=O)(=O)c1ccccc1)[C@H]1CC[C@H]2[C@@H]3CC[C@@H]4C[C@@](C)(O)CC[C@]4(C)[C@H]3C(=O)C[C@]12C.C[C@H](CS(=O)(=O)c1ccccc1)[C@H]1CC[C@H]2[C@@H]3CC[C@@H]4C[C@@](C)(O)CC[C@]4(C)[C@H]3C(=O)C[C@]12C. The molecule has 0 radical (unpaired) electrons. The fraction of sp³-hybridized carbons (Fsp3) is 0.829. The van der Waals surface area contributed by atoms with Crippen LogP contribution in [0.15, 0.2) is 70.5 Å². The molecule has 3 N–H and O–H groups in total. The van der Waals surface area contributed by atoms with Crippen LogP contribution >= 0.6 is 0 Å². The summed E-state index contributed by atoms with van der Waals surface area (Å²) in [5, 5.41) is 32.8. The summed E-state index contributed by atoms with van der Waals surface area (Å²) in [6.07, 6.45) is 25.8. The van der Waals surface area contributed by atoms with Crippen LogP contribution < -0.4 is 0 Å². The van der Waals surface area contributed by atoms with Crippen molar-refractivity contribution >= 4 is 31.2 Å². The van der Waals surface area contributed by atoms with Gasteiger partial charge in [0.1, 0.15) is 11.6 Å². The van der Waals surface area contributed by atoms with Gasteiger partial charge in [-0.1, -0.05) is 120 Å². The lowest BCUT2D eigenvalue weighted by molar-refractivity contribution is -0.169. The van der Waals surface area contributed by atoms with Crippen molar-refractivity contribution < 1.29 is 51.2 Å². The number of ketones is 2. The van der Waals surface area contributed by atoms with Gasteiger partial charge in [-0.3, -0.25) is 9.59 Å². The molecule has 2 saturated heterocycles. The Morgan fingerprint density at radius 3 is 1.36 bits per heavy atom. The Bertz CT molecular complexity index is 3150. The number of sulfone groups is 2. The minimum Gasteiger partial charge on any atom is -0.390 e. The Hall–Kier alpha value is -2.52. The number of hydrogen-bond acceptors (Lipinski definition) is 11. The van der Waals surface area contributed by atoms with E-state index in [9.17, 15) is 41.7 Å². The van der Waals surface area contributed by atoms with Crippen LogP contribution in [-0.4, -0.2) is 96.9 Å². The molecule has 538 valence electrons. The highest BCUT2D eigenvalue weighted by Gasteiger charge is 2.67. The number of benzene rings is 2. The van der Waals surface area contributed by atoms with Crippen LogP contribution in [0.3, 0.4) is 0 Å². The van der Waals surface area contributed by atoms with Crippen molar-refractivity contribution in [2.24, 2.45) is 104 Å². The van der Waals surface area contributed by atoms with Gasteiger partial charge in [-0.15, -0.1) is 0 Å². The Morgan fingerprint density at radius 1 is 0.505 bits per heavy atom. The average Bonchev–Trinajstić information content (AvgIpc) is 1.69. The fourth-order valence-corrected chi connectivity index (χ4v) is 27.3. The fourth-order valence-electron chi connectivity index (χ4n) is 23.4. The predicted octanol–water partition coefficient (Wildman–Crippen LogP) is 17.9. The molecule has 2 aliphatic heterocycles. The standard InChI is InChI=1S/C38H58O5S.C29H42O4S.C9H16O.C4H8O.2CH4/c1-25(32(44(42,43)27-10-8-7-9-11-27)24-38(41)20-16-34(2,3)17-21-38)29-14-15-30-28-13-12-26-22-35(4,40)18-19-36(26,5)33(28)31(39)23-37(29,30)6;1-19(18-34(32,33)21-8-6-5-7-9-21)23-12-13-24-22-11-10-20-16-27(2,31)14-15-28(20,3)26(22)25(30)17-29(23,24)4;1-8(2)3-5-9(6-4-8)7-10-9;1-2-4-5-3-1;;/h7-11,25-26,28-30,32-33,40-41H,12-24H2,1-6H3;5-9,19-20,22-24,26,31H,10-18H2,1-4H3;3-7H2,1-2H3;1-4H2;2*1H4/t25-,26+,28-,29+,30-,32?,33+,35-,36-,37+;19-,20-,22+,23-,24+,26-,27+,28+,29-;;;;/m01..../s1. The first-order chi connectivity index (χ1) is 43.4. The van der Waals surface area contributed by atoms with Gasteiger partial charge >= 0.3 is 0 Å². The van der Waals surface area contributed by atoms with Crippen molar-refractivity contribution in [2.75, 3.05) is 25.6 Å². The van der Waals surface area contributed by atoms with E-state index in [4.69, 9.17) is 9.47 Å². The zero-order valence-electron chi connectivity index (χ0n) is 59.6. The lowest BCUT2D eigenvalue weighted by atomic mass is 9.43. The number of aliphatic hydroxyl groups is 3. The first-order valence-electron chi connectivity index (χ1n) is 37.4. The summed E-state index contributed by atoms with van der Waals surface area (Å²) >= 11 is 0. The zero-order chi connectivity index (χ0) is 67.2. The molecule has 0 aromatic heterocycles. The molecule has 14 rings (SSSR count). The Kier molecular flexibility index (Phi) is 22.6. The molecule has 10 saturated carbocycles. The third-order valence-corrected chi connectivity index (χ3v) is 33.7. The van der Waals surface area contributed by atoms with Gasteiger partial charge in [0.15, 0.2) is 19.7 Å². The molecule has 19 atom stereocenters. The van der Waals surface area contributed by atoms with E-state index in [2.05, 4.69) is 69.2 Å². The molecule has 95 heavy (non-hydrogen) atoms. The van der Waals surface area contributed by atoms with Gasteiger partial charge in [-0.2, -0.15) is 0 Å². The zero-order valence-corrected chi connectivity index (χ0v) is 61.3. The van der Waals surface area contributed by atoms with Crippen molar-refractivity contribution in [3.63, 3.8) is 0 Å². The molecular formula is C82H132O11S2. The summed E-state index contributed by atoms with van der Waals surface area (Å²) in [6, 6.07) is 17.6. The predicted molar refractivity (Wildman–Crippen MR) is 383 cm³/mol. The number of rotatable bonds is 10. The molecule has 2 aromatic carbocycles. The van der Waals surface area contributed by atoms with E-state index in [-0.39, 0.29) is 89.6 Å². The van der Waals surface area contributed by atoms with Gasteiger partial charge in [-0.05, 0) is 290 Å². The second-order valence-corrected chi connectivity index (χ2v) is 41.2. The monoisotopic (exact) mass is 1360 g/mol. The Balaban J connectivity index is 0.000000182. The van der Waals surface area contributed by atoms with Crippen LogP contribution in [-0.2, 0) is 38.7 Å². The molecule has 11 nitrogen and oxygen atoms in total. The summed E-state index contributed by atoms with van der Waals surface area (Å²) < 4.78 is 65.6. The van der Waals surface area contributed by atoms with E-state index in [1.165, 1.54) is 38.5 Å². The second-order valence-electron chi connectivity index (χ2n) is 37.0. The number of fused-ring (bicyclic) bond motifs is 10. The van der Waals surface area contributed by atoms with Gasteiger partial charge in [0.25, 0.3) is 0 Å². The molecule has 1 spiro atoms. The van der Waals surface area contributed by atoms with Crippen LogP contribution in [0.25, 0.3) is 0 Å². The highest BCUT2D eigenvalue weighted by Crippen LogP contribution is 2.70. The number of epoxide rings is 1. The van der Waals surface area contributed by atoms with Crippen molar-refractivity contribution in [1.29, 1.82) is 0 Å². The van der Waals surface area contributed by atoms with Crippen molar-refractivity contribution in [3.05, 3.63) is 60.7 Å². The highest BCUT2D eigenvalue weighted by molar-refractivity contribution is 7.92. The smallest absolute Gasteiger partial charge is 0.181 e. The molecule has 1 unspecified atom stereocenters. The third kappa shape index (κ3) is 15.5. The van der Waals surface area contributed by atoms with Gasteiger partial charge in [0, 0.05) is 37.9 Å². The van der Waals surface area contributed by atoms with Crippen LogP contribution in [0.5, 0.6) is 0 Å². The minimum absolute atomic E-state index is 0. The maximum Gasteiger partial charge on any atom is 0.181 e. The maximum absolute atomic E-state index is 14.5.